The molecule has 0 N–H and O–H groups in total. The standard InChI is InChI=1S/C18H21N3O3S3/c1-3-13-21-25-18(19-27(23,24)17-11-9-15(2)10-12-17)20(26(21)22)14-16-7-5-4-6-8-16/h4-12H,3,13-14H2,1-2H3/b19-18-. The highest BCUT2D eigenvalue weighted by Crippen LogP contribution is 2.32. The van der Waals surface area contributed by atoms with E-state index in [1.807, 2.05) is 44.2 Å². The summed E-state index contributed by atoms with van der Waals surface area (Å²) < 4.78 is 45.5. The third-order valence-electron chi connectivity index (χ3n) is 3.85. The first-order valence-corrected chi connectivity index (χ1v) is 11.8. The van der Waals surface area contributed by atoms with Gasteiger partial charge in [0.15, 0.2) is 0 Å². The fourth-order valence-electron chi connectivity index (χ4n) is 2.45. The topological polar surface area (TPSA) is 70.1 Å². The summed E-state index contributed by atoms with van der Waals surface area (Å²) in [5.41, 5.74) is 1.91. The van der Waals surface area contributed by atoms with Crippen LogP contribution < -0.4 is 0 Å². The number of amidine groups is 1. The molecule has 2 aromatic carbocycles. The first kappa shape index (κ1) is 20.1. The van der Waals surface area contributed by atoms with Gasteiger partial charge >= 0.3 is 0 Å². The lowest BCUT2D eigenvalue weighted by molar-refractivity contribution is 0.561. The van der Waals surface area contributed by atoms with E-state index >= 15 is 0 Å². The normalized spacial score (nSPS) is 19.7. The molecular weight excluding hydrogens is 402 g/mol. The van der Waals surface area contributed by atoms with Gasteiger partial charge in [-0.25, -0.2) is 4.21 Å². The summed E-state index contributed by atoms with van der Waals surface area (Å²) in [6.07, 6.45) is 0.801. The average Bonchev–Trinajstić information content (AvgIpc) is 2.92. The van der Waals surface area contributed by atoms with E-state index in [0.29, 0.717) is 13.1 Å². The fraction of sp³-hybridized carbons (Fsp3) is 0.278. The van der Waals surface area contributed by atoms with Crippen LogP contribution in [0, 0.1) is 6.92 Å². The molecule has 1 saturated heterocycles. The van der Waals surface area contributed by atoms with Crippen LogP contribution in [0.3, 0.4) is 0 Å². The molecular formula is C18H21N3O3S3. The van der Waals surface area contributed by atoms with Gasteiger partial charge in [-0.3, -0.25) is 4.31 Å². The smallest absolute Gasteiger partial charge is 0.250 e. The number of rotatable bonds is 6. The number of nitrogens with zero attached hydrogens (tertiary/aromatic N) is 3. The van der Waals surface area contributed by atoms with Crippen LogP contribution in [0.15, 0.2) is 63.9 Å². The molecule has 1 aliphatic rings. The van der Waals surface area contributed by atoms with Gasteiger partial charge in [0, 0.05) is 18.5 Å². The molecule has 9 heteroatoms. The van der Waals surface area contributed by atoms with Crippen LogP contribution in [0.2, 0.25) is 0 Å². The van der Waals surface area contributed by atoms with Gasteiger partial charge in [-0.1, -0.05) is 55.0 Å². The number of sulfonamides is 1. The van der Waals surface area contributed by atoms with Gasteiger partial charge in [-0.05, 0) is 31.0 Å². The molecule has 1 atom stereocenters. The fourth-order valence-corrected chi connectivity index (χ4v) is 6.41. The third kappa shape index (κ3) is 4.78. The molecule has 3 rings (SSSR count). The largest absolute Gasteiger partial charge is 0.284 e. The zero-order valence-corrected chi connectivity index (χ0v) is 17.6. The molecule has 1 heterocycles. The van der Waals surface area contributed by atoms with E-state index in [4.69, 9.17) is 0 Å². The minimum atomic E-state index is -3.88. The van der Waals surface area contributed by atoms with Crippen LogP contribution in [0.5, 0.6) is 0 Å². The minimum absolute atomic E-state index is 0.126. The van der Waals surface area contributed by atoms with Gasteiger partial charge in [-0.15, -0.1) is 8.11 Å². The van der Waals surface area contributed by atoms with Gasteiger partial charge in [0.1, 0.15) is 0 Å². The maximum Gasteiger partial charge on any atom is 0.284 e. The Morgan fingerprint density at radius 2 is 1.74 bits per heavy atom. The number of benzene rings is 2. The Hall–Kier alpha value is -1.68. The summed E-state index contributed by atoms with van der Waals surface area (Å²) in [7, 11) is -3.88. The second-order valence-corrected chi connectivity index (χ2v) is 10.2. The average molecular weight is 424 g/mol. The molecule has 0 radical (unpaired) electrons. The molecule has 6 nitrogen and oxygen atoms in total. The van der Waals surface area contributed by atoms with Crippen molar-refractivity contribution in [2.45, 2.75) is 31.7 Å². The molecule has 0 saturated carbocycles. The Morgan fingerprint density at radius 3 is 2.37 bits per heavy atom. The molecule has 0 bridgehead atoms. The predicted octanol–water partition coefficient (Wildman–Crippen LogP) is 3.49. The van der Waals surface area contributed by atoms with Crippen molar-refractivity contribution < 1.29 is 12.6 Å². The number of hydrogen-bond acceptors (Lipinski definition) is 4. The van der Waals surface area contributed by atoms with E-state index in [2.05, 4.69) is 4.40 Å². The van der Waals surface area contributed by atoms with Gasteiger partial charge in [0.25, 0.3) is 10.0 Å². The lowest BCUT2D eigenvalue weighted by Gasteiger charge is -2.16. The lowest BCUT2D eigenvalue weighted by Crippen LogP contribution is -2.28. The van der Waals surface area contributed by atoms with E-state index in [9.17, 15) is 12.6 Å². The van der Waals surface area contributed by atoms with Gasteiger partial charge in [0.05, 0.1) is 11.4 Å². The molecule has 0 amide bonds. The van der Waals surface area contributed by atoms with Crippen molar-refractivity contribution in [2.75, 3.05) is 6.54 Å². The van der Waals surface area contributed by atoms with Gasteiger partial charge < -0.3 is 0 Å². The lowest BCUT2D eigenvalue weighted by atomic mass is 10.2. The molecule has 1 fully saturated rings. The van der Waals surface area contributed by atoms with Gasteiger partial charge in [-0.2, -0.15) is 8.42 Å². The predicted molar refractivity (Wildman–Crippen MR) is 111 cm³/mol. The molecule has 1 aliphatic heterocycles. The zero-order valence-electron chi connectivity index (χ0n) is 15.1. The van der Waals surface area contributed by atoms with Crippen molar-refractivity contribution in [2.24, 2.45) is 4.40 Å². The summed E-state index contributed by atoms with van der Waals surface area (Å²) in [6, 6.07) is 16.1. The Morgan fingerprint density at radius 1 is 1.07 bits per heavy atom. The quantitative estimate of drug-likeness (QED) is 0.667. The van der Waals surface area contributed by atoms with Crippen LogP contribution in [0.1, 0.15) is 24.5 Å². The monoisotopic (exact) mass is 423 g/mol. The van der Waals surface area contributed by atoms with E-state index in [1.54, 1.807) is 15.8 Å². The second-order valence-electron chi connectivity index (χ2n) is 6.06. The van der Waals surface area contributed by atoms with E-state index < -0.39 is 21.2 Å². The Balaban J connectivity index is 1.95. The van der Waals surface area contributed by atoms with Crippen molar-refractivity contribution in [3.63, 3.8) is 0 Å². The highest BCUT2D eigenvalue weighted by atomic mass is 32.3. The second kappa shape index (κ2) is 8.55. The summed E-state index contributed by atoms with van der Waals surface area (Å²) in [5.74, 6) is 0. The maximum atomic E-state index is 12.8. The van der Waals surface area contributed by atoms with Crippen molar-refractivity contribution in [1.82, 2.24) is 8.02 Å². The van der Waals surface area contributed by atoms with Crippen molar-refractivity contribution in [1.29, 1.82) is 0 Å². The van der Waals surface area contributed by atoms with E-state index in [-0.39, 0.29) is 10.1 Å². The molecule has 144 valence electrons. The Bertz CT molecular complexity index is 945. The molecule has 0 spiro atoms. The van der Waals surface area contributed by atoms with Crippen LogP contribution >= 0.6 is 11.9 Å². The van der Waals surface area contributed by atoms with Crippen molar-refractivity contribution in [3.8, 4) is 0 Å². The SMILES string of the molecule is CCCN1S/C(=N\S(=O)(=O)c2ccc(C)cc2)N(Cc2ccccc2)S1=O. The Kier molecular flexibility index (Phi) is 6.36. The van der Waals surface area contributed by atoms with Gasteiger partial charge in [0.2, 0.25) is 16.3 Å². The Labute approximate surface area is 167 Å². The molecule has 0 aliphatic carbocycles. The van der Waals surface area contributed by atoms with Crippen LogP contribution in [-0.4, -0.2) is 32.4 Å². The molecule has 2 aromatic rings. The number of hydrogen-bond donors (Lipinski definition) is 0. The summed E-state index contributed by atoms with van der Waals surface area (Å²) in [6.45, 7) is 4.77. The molecule has 1 unspecified atom stereocenters. The summed E-state index contributed by atoms with van der Waals surface area (Å²) in [5, 5.41) is 0.228. The minimum Gasteiger partial charge on any atom is -0.250 e. The van der Waals surface area contributed by atoms with Crippen molar-refractivity contribution >= 4 is 38.3 Å². The first-order chi connectivity index (χ1) is 12.9. The highest BCUT2D eigenvalue weighted by Gasteiger charge is 2.36. The maximum absolute atomic E-state index is 12.8. The summed E-state index contributed by atoms with van der Waals surface area (Å²) >= 11 is -0.364. The summed E-state index contributed by atoms with van der Waals surface area (Å²) in [4.78, 5) is 0.126. The molecule has 27 heavy (non-hydrogen) atoms. The third-order valence-corrected chi connectivity index (χ3v) is 8.04. The van der Waals surface area contributed by atoms with Crippen molar-refractivity contribution in [3.05, 3.63) is 65.7 Å². The highest BCUT2D eigenvalue weighted by molar-refractivity contribution is 8.21. The number of aryl methyl sites for hydroxylation is 1. The van der Waals surface area contributed by atoms with Crippen LogP contribution in [0.4, 0.5) is 0 Å². The van der Waals surface area contributed by atoms with Crippen LogP contribution in [-0.2, 0) is 27.7 Å². The van der Waals surface area contributed by atoms with E-state index in [1.165, 1.54) is 16.4 Å². The zero-order chi connectivity index (χ0) is 19.4. The van der Waals surface area contributed by atoms with Crippen LogP contribution in [0.25, 0.3) is 0 Å². The first-order valence-electron chi connectivity index (χ1n) is 8.51. The molecule has 0 aromatic heterocycles. The van der Waals surface area contributed by atoms with E-state index in [0.717, 1.165) is 29.5 Å².